The third-order valence-corrected chi connectivity index (χ3v) is 5.63. The molecule has 1 aromatic heterocycles. The van der Waals surface area contributed by atoms with E-state index in [2.05, 4.69) is 22.0 Å². The number of nitrogens with one attached hydrogen (secondary N) is 1. The minimum Gasteiger partial charge on any atom is -0.457 e. The van der Waals surface area contributed by atoms with E-state index in [1.54, 1.807) is 17.7 Å². The first-order chi connectivity index (χ1) is 14.6. The second-order valence-electron chi connectivity index (χ2n) is 8.01. The molecule has 4 rings (SSSR count). The Morgan fingerprint density at radius 2 is 1.73 bits per heavy atom. The van der Waals surface area contributed by atoms with Crippen LogP contribution < -0.4 is 16.0 Å². The van der Waals surface area contributed by atoms with Gasteiger partial charge in [-0.25, -0.2) is 4.79 Å². The van der Waals surface area contributed by atoms with E-state index in [9.17, 15) is 9.59 Å². The molecule has 1 aliphatic heterocycles. The van der Waals surface area contributed by atoms with Gasteiger partial charge in [-0.1, -0.05) is 30.3 Å². The van der Waals surface area contributed by atoms with Gasteiger partial charge in [-0.2, -0.15) is 0 Å². The van der Waals surface area contributed by atoms with Crippen LogP contribution in [0, 0.1) is 12.8 Å². The number of H-pyrrole nitrogens is 1. The van der Waals surface area contributed by atoms with Gasteiger partial charge < -0.3 is 9.30 Å². The van der Waals surface area contributed by atoms with Crippen LogP contribution in [0.5, 0.6) is 11.5 Å². The maximum atomic E-state index is 12.0. The smallest absolute Gasteiger partial charge is 0.328 e. The Bertz CT molecular complexity index is 1100. The Kier molecular flexibility index (Phi) is 6.14. The van der Waals surface area contributed by atoms with Crippen molar-refractivity contribution in [1.29, 1.82) is 0 Å². The number of likely N-dealkylation sites (tertiary alicyclic amines) is 1. The molecule has 0 spiro atoms. The predicted molar refractivity (Wildman–Crippen MR) is 117 cm³/mol. The van der Waals surface area contributed by atoms with Gasteiger partial charge in [0.1, 0.15) is 11.5 Å². The van der Waals surface area contributed by atoms with Gasteiger partial charge in [0.15, 0.2) is 0 Å². The molecular weight excluding hydrogens is 378 g/mol. The second-order valence-corrected chi connectivity index (χ2v) is 8.01. The Labute approximate surface area is 175 Å². The third kappa shape index (κ3) is 5.07. The van der Waals surface area contributed by atoms with E-state index >= 15 is 0 Å². The minimum atomic E-state index is -0.316. The van der Waals surface area contributed by atoms with E-state index < -0.39 is 0 Å². The molecule has 0 saturated carbocycles. The normalized spacial score (nSPS) is 15.2. The van der Waals surface area contributed by atoms with Crippen LogP contribution in [0.2, 0.25) is 0 Å². The molecule has 2 aromatic carbocycles. The van der Waals surface area contributed by atoms with Gasteiger partial charge >= 0.3 is 5.69 Å². The number of aromatic nitrogens is 2. The molecule has 0 bridgehead atoms. The molecule has 156 valence electrons. The molecule has 1 saturated heterocycles. The molecule has 1 fully saturated rings. The van der Waals surface area contributed by atoms with Gasteiger partial charge in [-0.05, 0) is 68.6 Å². The molecule has 0 atom stereocenters. The zero-order chi connectivity index (χ0) is 20.9. The average molecular weight is 405 g/mol. The summed E-state index contributed by atoms with van der Waals surface area (Å²) in [7, 11) is 0. The Morgan fingerprint density at radius 3 is 2.50 bits per heavy atom. The van der Waals surface area contributed by atoms with Gasteiger partial charge in [-0.15, -0.1) is 0 Å². The monoisotopic (exact) mass is 405 g/mol. The predicted octanol–water partition coefficient (Wildman–Crippen LogP) is 3.55. The summed E-state index contributed by atoms with van der Waals surface area (Å²) < 4.78 is 7.59. The van der Waals surface area contributed by atoms with Crippen LogP contribution in [0.4, 0.5) is 0 Å². The SMILES string of the molecule is Cc1cn(CC2CCN(Cc3cccc(Oc4ccccc4)c3)CC2)c(=O)[nH]c1=O. The lowest BCUT2D eigenvalue weighted by molar-refractivity contribution is 0.166. The second kappa shape index (κ2) is 9.13. The van der Waals surface area contributed by atoms with E-state index in [1.165, 1.54) is 5.56 Å². The molecule has 1 aliphatic rings. The highest BCUT2D eigenvalue weighted by Gasteiger charge is 2.20. The molecule has 3 aromatic rings. The highest BCUT2D eigenvalue weighted by molar-refractivity contribution is 5.33. The van der Waals surface area contributed by atoms with Crippen molar-refractivity contribution < 1.29 is 4.74 Å². The number of nitrogens with zero attached hydrogens (tertiary/aromatic N) is 2. The number of hydrogen-bond donors (Lipinski definition) is 1. The molecule has 1 N–H and O–H groups in total. The first-order valence-electron chi connectivity index (χ1n) is 10.4. The summed E-state index contributed by atoms with van der Waals surface area (Å²) in [6.45, 7) is 5.26. The summed E-state index contributed by atoms with van der Waals surface area (Å²) in [5.41, 5.74) is 1.19. The zero-order valence-corrected chi connectivity index (χ0v) is 17.2. The van der Waals surface area contributed by atoms with Crippen LogP contribution in [-0.4, -0.2) is 27.5 Å². The summed E-state index contributed by atoms with van der Waals surface area (Å²) in [5, 5.41) is 0. The maximum absolute atomic E-state index is 12.0. The molecule has 2 heterocycles. The number of aryl methyl sites for hydroxylation is 1. The lowest BCUT2D eigenvalue weighted by Gasteiger charge is -2.32. The van der Waals surface area contributed by atoms with Gasteiger partial charge in [-0.3, -0.25) is 14.7 Å². The highest BCUT2D eigenvalue weighted by Crippen LogP contribution is 2.24. The summed E-state index contributed by atoms with van der Waals surface area (Å²) in [4.78, 5) is 28.4. The van der Waals surface area contributed by atoms with Crippen molar-refractivity contribution in [3.63, 3.8) is 0 Å². The summed E-state index contributed by atoms with van der Waals surface area (Å²) in [6.07, 6.45) is 3.74. The van der Waals surface area contributed by atoms with Crippen molar-refractivity contribution >= 4 is 0 Å². The van der Waals surface area contributed by atoms with Crippen molar-refractivity contribution in [2.24, 2.45) is 5.92 Å². The number of ether oxygens (including phenoxy) is 1. The van der Waals surface area contributed by atoms with E-state index in [4.69, 9.17) is 4.74 Å². The minimum absolute atomic E-state index is 0.301. The Balaban J connectivity index is 1.32. The molecule has 0 aliphatic carbocycles. The number of benzene rings is 2. The quantitative estimate of drug-likeness (QED) is 0.681. The van der Waals surface area contributed by atoms with Crippen molar-refractivity contribution in [3.05, 3.63) is 92.8 Å². The molecule has 6 heteroatoms. The van der Waals surface area contributed by atoms with Crippen LogP contribution in [0.3, 0.4) is 0 Å². The lowest BCUT2D eigenvalue weighted by Crippen LogP contribution is -2.37. The van der Waals surface area contributed by atoms with E-state index in [0.717, 1.165) is 44.0 Å². The first-order valence-corrected chi connectivity index (χ1v) is 10.4. The van der Waals surface area contributed by atoms with Crippen LogP contribution in [0.1, 0.15) is 24.0 Å². The average Bonchev–Trinajstić information content (AvgIpc) is 2.74. The zero-order valence-electron chi connectivity index (χ0n) is 17.2. The lowest BCUT2D eigenvalue weighted by atomic mass is 9.96. The maximum Gasteiger partial charge on any atom is 0.328 e. The summed E-state index contributed by atoms with van der Waals surface area (Å²) in [6, 6.07) is 18.0. The topological polar surface area (TPSA) is 67.3 Å². The number of para-hydroxylation sites is 1. The van der Waals surface area contributed by atoms with Crippen LogP contribution in [0.15, 0.2) is 70.4 Å². The standard InChI is InChI=1S/C24H27N3O3/c1-18-15-27(24(29)25-23(18)28)17-19-10-12-26(13-11-19)16-20-6-5-9-22(14-20)30-21-7-3-2-4-8-21/h2-9,14-15,19H,10-13,16-17H2,1H3,(H,25,28,29). The number of hydrogen-bond acceptors (Lipinski definition) is 4. The fourth-order valence-electron chi connectivity index (χ4n) is 3.95. The highest BCUT2D eigenvalue weighted by atomic mass is 16.5. The Hall–Kier alpha value is -3.12. The summed E-state index contributed by atoms with van der Waals surface area (Å²) in [5.74, 6) is 2.13. The van der Waals surface area contributed by atoms with Crippen molar-refractivity contribution in [2.75, 3.05) is 13.1 Å². The molecule has 0 unspecified atom stereocenters. The molecular formula is C24H27N3O3. The molecule has 0 amide bonds. The molecule has 6 nitrogen and oxygen atoms in total. The van der Waals surface area contributed by atoms with E-state index in [-0.39, 0.29) is 11.2 Å². The summed E-state index contributed by atoms with van der Waals surface area (Å²) >= 11 is 0. The van der Waals surface area contributed by atoms with Crippen LogP contribution >= 0.6 is 0 Å². The number of aromatic amines is 1. The number of rotatable bonds is 6. The fourth-order valence-corrected chi connectivity index (χ4v) is 3.95. The largest absolute Gasteiger partial charge is 0.457 e. The van der Waals surface area contributed by atoms with Gasteiger partial charge in [0.25, 0.3) is 5.56 Å². The first kappa shape index (κ1) is 20.2. The fraction of sp³-hybridized carbons (Fsp3) is 0.333. The molecule has 0 radical (unpaired) electrons. The van der Waals surface area contributed by atoms with Gasteiger partial charge in [0, 0.05) is 24.8 Å². The van der Waals surface area contributed by atoms with Gasteiger partial charge in [0.2, 0.25) is 0 Å². The molecule has 30 heavy (non-hydrogen) atoms. The number of piperidine rings is 1. The van der Waals surface area contributed by atoms with E-state index in [1.807, 2.05) is 42.5 Å². The third-order valence-electron chi connectivity index (χ3n) is 5.63. The van der Waals surface area contributed by atoms with E-state index in [0.29, 0.717) is 18.0 Å². The van der Waals surface area contributed by atoms with Crippen molar-refractivity contribution in [3.8, 4) is 11.5 Å². The van der Waals surface area contributed by atoms with Crippen LogP contribution in [0.25, 0.3) is 0 Å². The Morgan fingerprint density at radius 1 is 1.00 bits per heavy atom. The van der Waals surface area contributed by atoms with Gasteiger partial charge in [0.05, 0.1) is 0 Å². The van der Waals surface area contributed by atoms with Crippen molar-refractivity contribution in [1.82, 2.24) is 14.5 Å². The van der Waals surface area contributed by atoms with Crippen LogP contribution in [-0.2, 0) is 13.1 Å². The van der Waals surface area contributed by atoms with Crippen molar-refractivity contribution in [2.45, 2.75) is 32.9 Å².